The maximum Gasteiger partial charge on any atom is 0.239 e. The van der Waals surface area contributed by atoms with E-state index in [1.165, 1.54) is 17.5 Å². The Hall–Kier alpha value is -2.50. The number of aromatic nitrogens is 5. The number of H-pyrrole nitrogens is 1. The third-order valence-electron chi connectivity index (χ3n) is 2.84. The van der Waals surface area contributed by atoms with E-state index in [2.05, 4.69) is 56.5 Å². The topological polar surface area (TPSA) is 80.5 Å². The first-order chi connectivity index (χ1) is 9.31. The van der Waals surface area contributed by atoms with Crippen LogP contribution in [0.15, 0.2) is 35.1 Å². The summed E-state index contributed by atoms with van der Waals surface area (Å²) >= 11 is 0. The van der Waals surface area contributed by atoms with Gasteiger partial charge in [-0.2, -0.15) is 10.1 Å². The lowest BCUT2D eigenvalue weighted by atomic mass is 10.1. The van der Waals surface area contributed by atoms with Gasteiger partial charge in [-0.3, -0.25) is 5.10 Å². The van der Waals surface area contributed by atoms with Crippen LogP contribution in [-0.2, 0) is 12.8 Å². The highest BCUT2D eigenvalue weighted by atomic mass is 16.5. The van der Waals surface area contributed by atoms with E-state index in [1.54, 1.807) is 0 Å². The summed E-state index contributed by atoms with van der Waals surface area (Å²) in [5.74, 6) is 1.56. The van der Waals surface area contributed by atoms with Gasteiger partial charge in [-0.05, 0) is 18.9 Å². The molecular formula is C13H13N5O. The van der Waals surface area contributed by atoms with Gasteiger partial charge in [0, 0.05) is 6.42 Å². The van der Waals surface area contributed by atoms with Crippen molar-refractivity contribution in [3.8, 4) is 11.6 Å². The summed E-state index contributed by atoms with van der Waals surface area (Å²) in [4.78, 5) is 8.25. The smallest absolute Gasteiger partial charge is 0.239 e. The standard InChI is InChI=1S/C13H13N5O/c1-9-2-4-10(5-3-9)6-7-11-16-13(18-19-11)12-14-8-15-17-12/h2-5,8H,6-7H2,1H3,(H,14,15,17). The molecule has 0 saturated heterocycles. The minimum Gasteiger partial charge on any atom is -0.339 e. The predicted octanol–water partition coefficient (Wildman–Crippen LogP) is 1.95. The summed E-state index contributed by atoms with van der Waals surface area (Å²) in [6.45, 7) is 2.07. The van der Waals surface area contributed by atoms with Crippen LogP contribution in [-0.4, -0.2) is 25.3 Å². The Balaban J connectivity index is 1.66. The molecule has 2 aromatic heterocycles. The van der Waals surface area contributed by atoms with Crippen LogP contribution in [0, 0.1) is 6.92 Å². The number of aryl methyl sites for hydroxylation is 3. The van der Waals surface area contributed by atoms with Crippen LogP contribution in [0.4, 0.5) is 0 Å². The Morgan fingerprint density at radius 2 is 2.00 bits per heavy atom. The molecule has 0 aliphatic rings. The fraction of sp³-hybridized carbons (Fsp3) is 0.231. The largest absolute Gasteiger partial charge is 0.339 e. The molecule has 3 aromatic rings. The molecule has 96 valence electrons. The highest BCUT2D eigenvalue weighted by molar-refractivity contribution is 5.39. The molecule has 0 saturated carbocycles. The number of hydrogen-bond acceptors (Lipinski definition) is 5. The Kier molecular flexibility index (Phi) is 3.06. The zero-order valence-corrected chi connectivity index (χ0v) is 10.5. The van der Waals surface area contributed by atoms with E-state index in [0.717, 1.165) is 6.42 Å². The molecule has 19 heavy (non-hydrogen) atoms. The quantitative estimate of drug-likeness (QED) is 0.770. The molecule has 0 unspecified atom stereocenters. The van der Waals surface area contributed by atoms with Crippen molar-refractivity contribution < 1.29 is 4.52 Å². The number of benzene rings is 1. The SMILES string of the molecule is Cc1ccc(CCc2nc(-c3ncn[nH]3)no2)cc1. The van der Waals surface area contributed by atoms with Crippen LogP contribution < -0.4 is 0 Å². The summed E-state index contributed by atoms with van der Waals surface area (Å²) in [6, 6.07) is 8.43. The van der Waals surface area contributed by atoms with Crippen LogP contribution in [0.5, 0.6) is 0 Å². The van der Waals surface area contributed by atoms with Crippen LogP contribution >= 0.6 is 0 Å². The van der Waals surface area contributed by atoms with Crippen molar-refractivity contribution in [3.63, 3.8) is 0 Å². The number of aromatic amines is 1. The van der Waals surface area contributed by atoms with Gasteiger partial charge in [0.25, 0.3) is 0 Å². The van der Waals surface area contributed by atoms with Gasteiger partial charge in [-0.25, -0.2) is 4.98 Å². The van der Waals surface area contributed by atoms with E-state index in [9.17, 15) is 0 Å². The molecule has 1 aromatic carbocycles. The van der Waals surface area contributed by atoms with Crippen LogP contribution in [0.1, 0.15) is 17.0 Å². The van der Waals surface area contributed by atoms with E-state index in [1.807, 2.05) is 0 Å². The van der Waals surface area contributed by atoms with E-state index < -0.39 is 0 Å². The molecule has 6 nitrogen and oxygen atoms in total. The first-order valence-electron chi connectivity index (χ1n) is 6.05. The molecule has 0 spiro atoms. The maximum absolute atomic E-state index is 5.19. The monoisotopic (exact) mass is 255 g/mol. The summed E-state index contributed by atoms with van der Waals surface area (Å²) in [5, 5.41) is 10.3. The molecule has 0 bridgehead atoms. The van der Waals surface area contributed by atoms with E-state index in [4.69, 9.17) is 4.52 Å². The van der Waals surface area contributed by atoms with Gasteiger partial charge >= 0.3 is 0 Å². The molecule has 0 aliphatic heterocycles. The Labute approximate surface area is 109 Å². The third-order valence-corrected chi connectivity index (χ3v) is 2.84. The molecule has 1 N–H and O–H groups in total. The summed E-state index contributed by atoms with van der Waals surface area (Å²) in [6.07, 6.45) is 3.00. The van der Waals surface area contributed by atoms with Crippen molar-refractivity contribution in [2.45, 2.75) is 19.8 Å². The first kappa shape index (κ1) is 11.6. The normalized spacial score (nSPS) is 10.8. The number of rotatable bonds is 4. The van der Waals surface area contributed by atoms with Gasteiger partial charge in [0.15, 0.2) is 5.82 Å². The summed E-state index contributed by atoms with van der Waals surface area (Å²) in [5.41, 5.74) is 2.51. The Bertz CT molecular complexity index is 642. The van der Waals surface area contributed by atoms with E-state index in [0.29, 0.717) is 24.0 Å². The lowest BCUT2D eigenvalue weighted by molar-refractivity contribution is 0.378. The Morgan fingerprint density at radius 1 is 1.16 bits per heavy atom. The van der Waals surface area contributed by atoms with Gasteiger partial charge in [0.2, 0.25) is 11.7 Å². The molecule has 0 radical (unpaired) electrons. The molecule has 0 fully saturated rings. The first-order valence-corrected chi connectivity index (χ1v) is 6.05. The minimum absolute atomic E-state index is 0.441. The van der Waals surface area contributed by atoms with Crippen molar-refractivity contribution >= 4 is 0 Å². The molecule has 0 aliphatic carbocycles. The van der Waals surface area contributed by atoms with Crippen molar-refractivity contribution in [1.82, 2.24) is 25.3 Å². The molecule has 2 heterocycles. The van der Waals surface area contributed by atoms with Gasteiger partial charge in [0.05, 0.1) is 0 Å². The second-order valence-corrected chi connectivity index (χ2v) is 4.33. The number of hydrogen-bond donors (Lipinski definition) is 1. The van der Waals surface area contributed by atoms with Crippen LogP contribution in [0.25, 0.3) is 11.6 Å². The fourth-order valence-corrected chi connectivity index (χ4v) is 1.77. The zero-order valence-electron chi connectivity index (χ0n) is 10.5. The number of nitrogens with one attached hydrogen (secondary N) is 1. The molecule has 6 heteroatoms. The predicted molar refractivity (Wildman–Crippen MR) is 68.3 cm³/mol. The Morgan fingerprint density at radius 3 is 2.74 bits per heavy atom. The average Bonchev–Trinajstić information content (AvgIpc) is 3.09. The summed E-state index contributed by atoms with van der Waals surface area (Å²) in [7, 11) is 0. The van der Waals surface area contributed by atoms with Crippen molar-refractivity contribution in [2.24, 2.45) is 0 Å². The molecule has 0 amide bonds. The zero-order chi connectivity index (χ0) is 13.1. The highest BCUT2D eigenvalue weighted by Gasteiger charge is 2.10. The van der Waals surface area contributed by atoms with Crippen molar-refractivity contribution in [3.05, 3.63) is 47.6 Å². The van der Waals surface area contributed by atoms with Gasteiger partial charge in [0.1, 0.15) is 6.33 Å². The second kappa shape index (κ2) is 5.01. The maximum atomic E-state index is 5.19. The van der Waals surface area contributed by atoms with Crippen LogP contribution in [0.3, 0.4) is 0 Å². The van der Waals surface area contributed by atoms with Gasteiger partial charge in [-0.1, -0.05) is 35.0 Å². The molecule has 0 atom stereocenters. The van der Waals surface area contributed by atoms with Crippen molar-refractivity contribution in [2.75, 3.05) is 0 Å². The third kappa shape index (κ3) is 2.67. The minimum atomic E-state index is 0.441. The fourth-order valence-electron chi connectivity index (χ4n) is 1.77. The van der Waals surface area contributed by atoms with Gasteiger partial charge < -0.3 is 4.52 Å². The van der Waals surface area contributed by atoms with E-state index >= 15 is 0 Å². The lowest BCUT2D eigenvalue weighted by Gasteiger charge is -1.98. The molecular weight excluding hydrogens is 242 g/mol. The van der Waals surface area contributed by atoms with Crippen molar-refractivity contribution in [1.29, 1.82) is 0 Å². The number of nitrogens with zero attached hydrogens (tertiary/aromatic N) is 4. The highest BCUT2D eigenvalue weighted by Crippen LogP contribution is 2.11. The van der Waals surface area contributed by atoms with Crippen LogP contribution in [0.2, 0.25) is 0 Å². The summed E-state index contributed by atoms with van der Waals surface area (Å²) < 4.78 is 5.19. The molecule has 3 rings (SSSR count). The van der Waals surface area contributed by atoms with Gasteiger partial charge in [-0.15, -0.1) is 0 Å². The second-order valence-electron chi connectivity index (χ2n) is 4.33. The van der Waals surface area contributed by atoms with E-state index in [-0.39, 0.29) is 0 Å². The average molecular weight is 255 g/mol. The lowest BCUT2D eigenvalue weighted by Crippen LogP contribution is -1.92.